The molecule has 3 nitrogen and oxygen atoms in total. The van der Waals surface area contributed by atoms with E-state index < -0.39 is 0 Å². The van der Waals surface area contributed by atoms with Crippen LogP contribution in [-0.4, -0.2) is 11.6 Å². The average Bonchev–Trinajstić information content (AvgIpc) is 2.77. The fourth-order valence-corrected chi connectivity index (χ4v) is 3.09. The van der Waals surface area contributed by atoms with Crippen LogP contribution >= 0.6 is 11.6 Å². The third-order valence-corrected chi connectivity index (χ3v) is 5.09. The van der Waals surface area contributed by atoms with Crippen LogP contribution in [0.4, 0.5) is 8.78 Å². The van der Waals surface area contributed by atoms with E-state index in [1.54, 1.807) is 44.2 Å². The standard InChI is InChI=1S/C25H21ClF2N2O/c1-16(14-29-17(2)18-5-9-22(27)10-6-18)25(31)30-15-21-4-3-20(13-24(21)26)19-7-11-23(28)12-8-19/h3-14H,15H2,1-2H3,(H,30,31)/b16-14+,29-17?. The van der Waals surface area contributed by atoms with Crippen molar-refractivity contribution in [2.45, 2.75) is 20.4 Å². The van der Waals surface area contributed by atoms with Crippen LogP contribution in [0, 0.1) is 11.6 Å². The Morgan fingerprint density at radius 2 is 1.52 bits per heavy atom. The SMILES string of the molecule is CC(=N/C=C(\C)C(=O)NCc1ccc(-c2ccc(F)cc2)cc1Cl)c1ccc(F)cc1. The molecular formula is C25H21ClF2N2O. The zero-order valence-electron chi connectivity index (χ0n) is 17.1. The minimum absolute atomic E-state index is 0.257. The van der Waals surface area contributed by atoms with Gasteiger partial charge in [0.15, 0.2) is 0 Å². The van der Waals surface area contributed by atoms with Crippen molar-refractivity contribution in [3.05, 3.63) is 106 Å². The van der Waals surface area contributed by atoms with Crippen LogP contribution in [0.15, 0.2) is 83.5 Å². The average molecular weight is 439 g/mol. The Bertz CT molecular complexity index is 1140. The number of hydrogen-bond donors (Lipinski definition) is 1. The van der Waals surface area contributed by atoms with Gasteiger partial charge in [-0.25, -0.2) is 8.78 Å². The van der Waals surface area contributed by atoms with Crippen molar-refractivity contribution in [2.24, 2.45) is 4.99 Å². The topological polar surface area (TPSA) is 41.5 Å². The van der Waals surface area contributed by atoms with Crippen molar-refractivity contribution in [3.63, 3.8) is 0 Å². The number of amides is 1. The predicted molar refractivity (Wildman–Crippen MR) is 121 cm³/mol. The number of halogens is 3. The number of hydrogen-bond acceptors (Lipinski definition) is 2. The molecule has 0 saturated heterocycles. The Kier molecular flexibility index (Phi) is 7.32. The van der Waals surface area contributed by atoms with Gasteiger partial charge in [-0.05, 0) is 66.4 Å². The smallest absolute Gasteiger partial charge is 0.248 e. The normalized spacial score (nSPS) is 12.0. The Labute approximate surface area is 185 Å². The first kappa shape index (κ1) is 22.4. The van der Waals surface area contributed by atoms with Crippen molar-refractivity contribution >= 4 is 23.2 Å². The van der Waals surface area contributed by atoms with Crippen molar-refractivity contribution in [3.8, 4) is 11.1 Å². The Hall–Kier alpha value is -3.31. The molecule has 0 atom stereocenters. The lowest BCUT2D eigenvalue weighted by Crippen LogP contribution is -2.23. The molecule has 1 N–H and O–H groups in total. The van der Waals surface area contributed by atoms with E-state index in [1.165, 1.54) is 30.5 Å². The van der Waals surface area contributed by atoms with E-state index in [9.17, 15) is 13.6 Å². The Balaban J connectivity index is 1.63. The summed E-state index contributed by atoms with van der Waals surface area (Å²) in [7, 11) is 0. The maximum Gasteiger partial charge on any atom is 0.248 e. The van der Waals surface area contributed by atoms with Crippen LogP contribution in [-0.2, 0) is 11.3 Å². The second-order valence-corrected chi connectivity index (χ2v) is 7.44. The van der Waals surface area contributed by atoms with Gasteiger partial charge in [-0.1, -0.05) is 48.0 Å². The van der Waals surface area contributed by atoms with E-state index in [0.717, 1.165) is 22.3 Å². The first-order chi connectivity index (χ1) is 14.8. The molecule has 31 heavy (non-hydrogen) atoms. The summed E-state index contributed by atoms with van der Waals surface area (Å²) in [6, 6.07) is 17.7. The molecule has 0 radical (unpaired) electrons. The highest BCUT2D eigenvalue weighted by molar-refractivity contribution is 6.31. The molecule has 0 heterocycles. The fraction of sp³-hybridized carbons (Fsp3) is 0.120. The van der Waals surface area contributed by atoms with Gasteiger partial charge < -0.3 is 5.32 Å². The van der Waals surface area contributed by atoms with E-state index in [2.05, 4.69) is 10.3 Å². The van der Waals surface area contributed by atoms with Crippen LogP contribution in [0.3, 0.4) is 0 Å². The van der Waals surface area contributed by atoms with Crippen molar-refractivity contribution in [2.75, 3.05) is 0 Å². The van der Waals surface area contributed by atoms with Crippen LogP contribution in [0.1, 0.15) is 25.0 Å². The van der Waals surface area contributed by atoms with Crippen LogP contribution in [0.5, 0.6) is 0 Å². The first-order valence-corrected chi connectivity index (χ1v) is 10.0. The minimum Gasteiger partial charge on any atom is -0.348 e. The van der Waals surface area contributed by atoms with E-state index in [4.69, 9.17) is 11.6 Å². The molecule has 158 valence electrons. The highest BCUT2D eigenvalue weighted by Gasteiger charge is 2.08. The fourth-order valence-electron chi connectivity index (χ4n) is 2.85. The highest BCUT2D eigenvalue weighted by atomic mass is 35.5. The zero-order valence-corrected chi connectivity index (χ0v) is 17.9. The van der Waals surface area contributed by atoms with Gasteiger partial charge in [0.05, 0.1) is 0 Å². The maximum absolute atomic E-state index is 13.1. The lowest BCUT2D eigenvalue weighted by molar-refractivity contribution is -0.117. The molecule has 0 aliphatic carbocycles. The van der Waals surface area contributed by atoms with Crippen LogP contribution < -0.4 is 5.32 Å². The summed E-state index contributed by atoms with van der Waals surface area (Å²) in [5, 5.41) is 3.33. The number of nitrogens with zero attached hydrogens (tertiary/aromatic N) is 1. The summed E-state index contributed by atoms with van der Waals surface area (Å²) in [4.78, 5) is 16.7. The van der Waals surface area contributed by atoms with Gasteiger partial charge in [0.2, 0.25) is 5.91 Å². The molecule has 3 aromatic rings. The predicted octanol–water partition coefficient (Wildman–Crippen LogP) is 6.31. The van der Waals surface area contributed by atoms with Crippen molar-refractivity contribution in [1.29, 1.82) is 0 Å². The third kappa shape index (κ3) is 6.09. The Morgan fingerprint density at radius 1 is 0.935 bits per heavy atom. The van der Waals surface area contributed by atoms with Crippen molar-refractivity contribution in [1.82, 2.24) is 5.32 Å². The minimum atomic E-state index is -0.313. The molecule has 0 fully saturated rings. The molecular weight excluding hydrogens is 418 g/mol. The highest BCUT2D eigenvalue weighted by Crippen LogP contribution is 2.26. The number of carbonyl (C=O) groups is 1. The van der Waals surface area contributed by atoms with Crippen LogP contribution in [0.2, 0.25) is 5.02 Å². The van der Waals surface area contributed by atoms with Gasteiger partial charge in [0.25, 0.3) is 0 Å². The van der Waals surface area contributed by atoms with Crippen molar-refractivity contribution < 1.29 is 13.6 Å². The summed E-state index contributed by atoms with van der Waals surface area (Å²) in [5.74, 6) is -0.879. The molecule has 1 amide bonds. The molecule has 0 aliphatic rings. The lowest BCUT2D eigenvalue weighted by atomic mass is 10.0. The molecule has 0 aliphatic heterocycles. The van der Waals surface area contributed by atoms with Gasteiger partial charge in [-0.2, -0.15) is 0 Å². The van der Waals surface area contributed by atoms with E-state index in [0.29, 0.717) is 16.3 Å². The summed E-state index contributed by atoms with van der Waals surface area (Å²) in [6.07, 6.45) is 1.48. The summed E-state index contributed by atoms with van der Waals surface area (Å²) in [5.41, 5.74) is 4.36. The second kappa shape index (κ2) is 10.1. The molecule has 3 aromatic carbocycles. The summed E-state index contributed by atoms with van der Waals surface area (Å²) >= 11 is 6.37. The van der Waals surface area contributed by atoms with E-state index in [-0.39, 0.29) is 24.1 Å². The number of carbonyl (C=O) groups excluding carboxylic acids is 1. The van der Waals surface area contributed by atoms with Gasteiger partial charge in [-0.15, -0.1) is 0 Å². The van der Waals surface area contributed by atoms with Crippen LogP contribution in [0.25, 0.3) is 11.1 Å². The summed E-state index contributed by atoms with van der Waals surface area (Å²) in [6.45, 7) is 3.71. The second-order valence-electron chi connectivity index (χ2n) is 7.03. The summed E-state index contributed by atoms with van der Waals surface area (Å²) < 4.78 is 26.1. The Morgan fingerprint density at radius 3 is 2.13 bits per heavy atom. The molecule has 0 saturated carbocycles. The zero-order chi connectivity index (χ0) is 22.4. The molecule has 0 aromatic heterocycles. The number of benzene rings is 3. The molecule has 0 spiro atoms. The lowest BCUT2D eigenvalue weighted by Gasteiger charge is -2.09. The first-order valence-electron chi connectivity index (χ1n) is 9.63. The maximum atomic E-state index is 13.1. The number of nitrogens with one attached hydrogen (secondary N) is 1. The molecule has 3 rings (SSSR count). The van der Waals surface area contributed by atoms with Gasteiger partial charge in [-0.3, -0.25) is 9.79 Å². The molecule has 6 heteroatoms. The van der Waals surface area contributed by atoms with Gasteiger partial charge in [0, 0.05) is 29.1 Å². The largest absolute Gasteiger partial charge is 0.348 e. The van der Waals surface area contributed by atoms with E-state index in [1.807, 2.05) is 12.1 Å². The van der Waals surface area contributed by atoms with E-state index >= 15 is 0 Å². The van der Waals surface area contributed by atoms with Gasteiger partial charge >= 0.3 is 0 Å². The number of rotatable bonds is 6. The number of aliphatic imine (C=N–C) groups is 1. The van der Waals surface area contributed by atoms with Gasteiger partial charge in [0.1, 0.15) is 11.6 Å². The third-order valence-electron chi connectivity index (χ3n) is 4.74. The molecule has 0 unspecified atom stereocenters. The monoisotopic (exact) mass is 438 g/mol. The quantitative estimate of drug-likeness (QED) is 0.355. The molecule has 0 bridgehead atoms.